The van der Waals surface area contributed by atoms with Crippen LogP contribution >= 0.6 is 0 Å². The highest BCUT2D eigenvalue weighted by Gasteiger charge is 2.08. The Morgan fingerprint density at radius 3 is 2.32 bits per heavy atom. The van der Waals surface area contributed by atoms with Gasteiger partial charge in [0.15, 0.2) is 6.61 Å². The van der Waals surface area contributed by atoms with Crippen molar-refractivity contribution in [1.29, 1.82) is 0 Å². The van der Waals surface area contributed by atoms with E-state index in [4.69, 9.17) is 4.74 Å². The molecule has 0 aliphatic rings. The number of ether oxygens (including phenoxy) is 1. The Morgan fingerprint density at radius 2 is 1.76 bits per heavy atom. The van der Waals surface area contributed by atoms with Crippen molar-refractivity contribution in [2.24, 2.45) is 5.10 Å². The van der Waals surface area contributed by atoms with Crippen LogP contribution in [0.4, 0.5) is 5.69 Å². The van der Waals surface area contributed by atoms with Crippen molar-refractivity contribution in [3.05, 3.63) is 69.3 Å². The van der Waals surface area contributed by atoms with E-state index < -0.39 is 4.92 Å². The third-order valence-corrected chi connectivity index (χ3v) is 3.60. The van der Waals surface area contributed by atoms with Crippen molar-refractivity contribution >= 4 is 17.3 Å². The highest BCUT2D eigenvalue weighted by molar-refractivity contribution is 5.99. The summed E-state index contributed by atoms with van der Waals surface area (Å²) in [5.41, 5.74) is 5.55. The van der Waals surface area contributed by atoms with Crippen molar-refractivity contribution in [2.45, 2.75) is 20.8 Å². The monoisotopic (exact) mass is 341 g/mol. The SMILES string of the molecule is C/C(=N/NC(=O)COc1c(C)cccc1C)c1ccc([N+](=O)[O-])cc1. The molecular weight excluding hydrogens is 322 g/mol. The van der Waals surface area contributed by atoms with Gasteiger partial charge < -0.3 is 4.74 Å². The molecule has 0 fully saturated rings. The minimum atomic E-state index is -0.469. The molecule has 0 radical (unpaired) electrons. The van der Waals surface area contributed by atoms with Crippen LogP contribution in [0.5, 0.6) is 5.75 Å². The smallest absolute Gasteiger partial charge is 0.277 e. The van der Waals surface area contributed by atoms with Crippen molar-refractivity contribution in [2.75, 3.05) is 6.61 Å². The molecule has 0 unspecified atom stereocenters. The summed E-state index contributed by atoms with van der Waals surface area (Å²) in [6.45, 7) is 5.38. The van der Waals surface area contributed by atoms with E-state index in [2.05, 4.69) is 10.5 Å². The first-order valence-electron chi connectivity index (χ1n) is 7.65. The Hall–Kier alpha value is -3.22. The molecule has 0 aliphatic heterocycles. The van der Waals surface area contributed by atoms with Gasteiger partial charge in [0.2, 0.25) is 0 Å². The van der Waals surface area contributed by atoms with Crippen LogP contribution in [-0.2, 0) is 4.79 Å². The summed E-state index contributed by atoms with van der Waals surface area (Å²) in [4.78, 5) is 22.1. The van der Waals surface area contributed by atoms with Crippen LogP contribution in [-0.4, -0.2) is 23.1 Å². The molecule has 2 aromatic carbocycles. The van der Waals surface area contributed by atoms with Crippen LogP contribution in [0.2, 0.25) is 0 Å². The van der Waals surface area contributed by atoms with E-state index in [0.29, 0.717) is 17.0 Å². The van der Waals surface area contributed by atoms with E-state index >= 15 is 0 Å². The zero-order valence-corrected chi connectivity index (χ0v) is 14.3. The second kappa shape index (κ2) is 8.05. The number of hydrogen-bond donors (Lipinski definition) is 1. The molecule has 25 heavy (non-hydrogen) atoms. The van der Waals surface area contributed by atoms with Gasteiger partial charge in [0.05, 0.1) is 10.6 Å². The number of rotatable bonds is 6. The molecule has 2 rings (SSSR count). The maximum absolute atomic E-state index is 11.9. The Bertz CT molecular complexity index is 793. The zero-order chi connectivity index (χ0) is 18.4. The van der Waals surface area contributed by atoms with Gasteiger partial charge in [-0.05, 0) is 49.6 Å². The summed E-state index contributed by atoms with van der Waals surface area (Å²) in [6.07, 6.45) is 0. The molecule has 0 atom stereocenters. The van der Waals surface area contributed by atoms with Gasteiger partial charge in [-0.3, -0.25) is 14.9 Å². The summed E-state index contributed by atoms with van der Waals surface area (Å²) >= 11 is 0. The molecule has 0 saturated carbocycles. The number of amides is 1. The Labute approximate surface area is 145 Å². The lowest BCUT2D eigenvalue weighted by Crippen LogP contribution is -2.26. The lowest BCUT2D eigenvalue weighted by atomic mass is 10.1. The van der Waals surface area contributed by atoms with Gasteiger partial charge in [-0.1, -0.05) is 18.2 Å². The van der Waals surface area contributed by atoms with E-state index in [-0.39, 0.29) is 18.2 Å². The quantitative estimate of drug-likeness (QED) is 0.496. The molecule has 0 heterocycles. The van der Waals surface area contributed by atoms with Gasteiger partial charge in [0.1, 0.15) is 5.75 Å². The van der Waals surface area contributed by atoms with E-state index in [1.54, 1.807) is 19.1 Å². The summed E-state index contributed by atoms with van der Waals surface area (Å²) < 4.78 is 5.55. The highest BCUT2D eigenvalue weighted by atomic mass is 16.6. The molecular formula is C18H19N3O4. The van der Waals surface area contributed by atoms with Gasteiger partial charge in [-0.15, -0.1) is 0 Å². The average Bonchev–Trinajstić information content (AvgIpc) is 2.59. The van der Waals surface area contributed by atoms with E-state index in [9.17, 15) is 14.9 Å². The van der Waals surface area contributed by atoms with Gasteiger partial charge in [0.25, 0.3) is 11.6 Å². The molecule has 130 valence electrons. The normalized spacial score (nSPS) is 11.1. The summed E-state index contributed by atoms with van der Waals surface area (Å²) in [6, 6.07) is 11.7. The molecule has 0 aliphatic carbocycles. The van der Waals surface area contributed by atoms with Gasteiger partial charge in [-0.25, -0.2) is 5.43 Å². The second-order valence-corrected chi connectivity index (χ2v) is 5.55. The van der Waals surface area contributed by atoms with Crippen LogP contribution in [0.15, 0.2) is 47.6 Å². The highest BCUT2D eigenvalue weighted by Crippen LogP contribution is 2.22. The first-order valence-corrected chi connectivity index (χ1v) is 7.65. The lowest BCUT2D eigenvalue weighted by Gasteiger charge is -2.11. The number of aryl methyl sites for hydroxylation is 2. The maximum atomic E-state index is 11.9. The van der Waals surface area contributed by atoms with E-state index in [0.717, 1.165) is 11.1 Å². The number of benzene rings is 2. The zero-order valence-electron chi connectivity index (χ0n) is 14.3. The number of carbonyl (C=O) groups is 1. The Kier molecular flexibility index (Phi) is 5.84. The fourth-order valence-corrected chi connectivity index (χ4v) is 2.23. The molecule has 7 nitrogen and oxygen atoms in total. The standard InChI is InChI=1S/C18H19N3O4/c1-12-5-4-6-13(2)18(12)25-11-17(22)20-19-14(3)15-7-9-16(10-8-15)21(23)24/h4-10H,11H2,1-3H3,(H,20,22)/b19-14-. The Balaban J connectivity index is 1.94. The maximum Gasteiger partial charge on any atom is 0.277 e. The van der Waals surface area contributed by atoms with E-state index in [1.807, 2.05) is 32.0 Å². The number of para-hydroxylation sites is 1. The van der Waals surface area contributed by atoms with Gasteiger partial charge in [0, 0.05) is 12.1 Å². The summed E-state index contributed by atoms with van der Waals surface area (Å²) in [7, 11) is 0. The lowest BCUT2D eigenvalue weighted by molar-refractivity contribution is -0.384. The van der Waals surface area contributed by atoms with E-state index in [1.165, 1.54) is 12.1 Å². The third kappa shape index (κ3) is 4.87. The first-order chi connectivity index (χ1) is 11.9. The molecule has 0 saturated heterocycles. The first kappa shape index (κ1) is 18.1. The topological polar surface area (TPSA) is 93.8 Å². The summed E-state index contributed by atoms with van der Waals surface area (Å²) in [5.74, 6) is 0.303. The van der Waals surface area contributed by atoms with Crippen LogP contribution < -0.4 is 10.2 Å². The van der Waals surface area contributed by atoms with Gasteiger partial charge >= 0.3 is 0 Å². The van der Waals surface area contributed by atoms with Crippen LogP contribution in [0.3, 0.4) is 0 Å². The van der Waals surface area contributed by atoms with Crippen molar-refractivity contribution in [3.8, 4) is 5.75 Å². The minimum Gasteiger partial charge on any atom is -0.483 e. The number of nitrogens with zero attached hydrogens (tertiary/aromatic N) is 2. The largest absolute Gasteiger partial charge is 0.483 e. The molecule has 2 aromatic rings. The fourth-order valence-electron chi connectivity index (χ4n) is 2.23. The predicted molar refractivity (Wildman–Crippen MR) is 94.9 cm³/mol. The van der Waals surface area contributed by atoms with Crippen molar-refractivity contribution in [1.82, 2.24) is 5.43 Å². The van der Waals surface area contributed by atoms with Crippen LogP contribution in [0, 0.1) is 24.0 Å². The average molecular weight is 341 g/mol. The van der Waals surface area contributed by atoms with Crippen molar-refractivity contribution < 1.29 is 14.5 Å². The Morgan fingerprint density at radius 1 is 1.16 bits per heavy atom. The predicted octanol–water partition coefficient (Wildman–Crippen LogP) is 3.13. The molecule has 7 heteroatoms. The second-order valence-electron chi connectivity index (χ2n) is 5.55. The summed E-state index contributed by atoms with van der Waals surface area (Å²) in [5, 5.41) is 14.6. The number of nitro groups is 1. The van der Waals surface area contributed by atoms with Crippen molar-refractivity contribution in [3.63, 3.8) is 0 Å². The molecule has 0 spiro atoms. The number of hydrazone groups is 1. The molecule has 1 N–H and O–H groups in total. The third-order valence-electron chi connectivity index (χ3n) is 3.60. The van der Waals surface area contributed by atoms with Crippen LogP contribution in [0.25, 0.3) is 0 Å². The number of nitrogens with one attached hydrogen (secondary N) is 1. The fraction of sp³-hybridized carbons (Fsp3) is 0.222. The van der Waals surface area contributed by atoms with Crippen LogP contribution in [0.1, 0.15) is 23.6 Å². The molecule has 0 aromatic heterocycles. The number of nitro benzene ring substituents is 1. The molecule has 1 amide bonds. The molecule has 0 bridgehead atoms. The van der Waals surface area contributed by atoms with Gasteiger partial charge in [-0.2, -0.15) is 5.10 Å². The number of non-ortho nitro benzene ring substituents is 1. The minimum absolute atomic E-state index is 0.00239. The number of carbonyl (C=O) groups excluding carboxylic acids is 1. The number of hydrogen-bond acceptors (Lipinski definition) is 5.